The van der Waals surface area contributed by atoms with Gasteiger partial charge in [-0.25, -0.2) is 15.0 Å². The third kappa shape index (κ3) is 5.97. The molecule has 0 saturated heterocycles. The van der Waals surface area contributed by atoms with Crippen LogP contribution in [0.3, 0.4) is 0 Å². The summed E-state index contributed by atoms with van der Waals surface area (Å²) in [6, 6.07) is 63.8. The number of benzene rings is 9. The summed E-state index contributed by atoms with van der Waals surface area (Å²) >= 11 is 0. The van der Waals surface area contributed by atoms with Crippen molar-refractivity contribution < 1.29 is 8.83 Å². The number of nitrogens with zero attached hydrogens (tertiary/aromatic N) is 3. The number of para-hydroxylation sites is 1. The Morgan fingerprint density at radius 3 is 1.83 bits per heavy atom. The van der Waals surface area contributed by atoms with Gasteiger partial charge in [0.05, 0.1) is 0 Å². The average molecular weight is 820 g/mol. The fraction of sp³-hybridized carbons (Fsp3) is 0.0339. The standard InChI is InChI=1S/C59H37N3O2/c1-3-13-36(14-4-1)39-29-32-52-50(35-39)55-44(20-11-23-53(55)64-52)40-27-25-37-26-28-41(34-42(37)33-40)57-60-58(47-31-30-43(38-15-5-2-6-16-38)45-17-7-8-18-46(45)47)62-59(61-57)49-21-12-24-54-56(49)48-19-9-10-22-51(48)63-54/h1-15,17-35,38H,16H2. The largest absolute Gasteiger partial charge is 0.456 e. The maximum Gasteiger partial charge on any atom is 0.164 e. The van der Waals surface area contributed by atoms with Gasteiger partial charge in [0.25, 0.3) is 0 Å². The molecule has 0 fully saturated rings. The third-order valence-electron chi connectivity index (χ3n) is 12.9. The minimum atomic E-state index is 0.300. The first-order chi connectivity index (χ1) is 31.7. The molecule has 300 valence electrons. The zero-order valence-electron chi connectivity index (χ0n) is 34.6. The molecule has 64 heavy (non-hydrogen) atoms. The topological polar surface area (TPSA) is 65.0 Å². The number of rotatable bonds is 6. The molecule has 5 heteroatoms. The second kappa shape index (κ2) is 14.6. The van der Waals surface area contributed by atoms with Crippen LogP contribution in [0.25, 0.3) is 122 Å². The van der Waals surface area contributed by atoms with E-state index in [1.165, 1.54) is 16.5 Å². The highest BCUT2D eigenvalue weighted by Crippen LogP contribution is 2.42. The van der Waals surface area contributed by atoms with Crippen LogP contribution in [-0.4, -0.2) is 15.0 Å². The molecule has 0 spiro atoms. The van der Waals surface area contributed by atoms with Crippen molar-refractivity contribution in [3.63, 3.8) is 0 Å². The van der Waals surface area contributed by atoms with Gasteiger partial charge in [-0.05, 0) is 98.2 Å². The van der Waals surface area contributed by atoms with Gasteiger partial charge in [0.15, 0.2) is 17.5 Å². The van der Waals surface area contributed by atoms with Gasteiger partial charge >= 0.3 is 0 Å². The summed E-state index contributed by atoms with van der Waals surface area (Å²) in [4.78, 5) is 16.0. The Kier molecular flexibility index (Phi) is 8.28. The molecule has 0 N–H and O–H groups in total. The Labute approximate surface area is 368 Å². The first-order valence-electron chi connectivity index (χ1n) is 21.8. The lowest BCUT2D eigenvalue weighted by molar-refractivity contribution is 0.668. The van der Waals surface area contributed by atoms with Crippen molar-refractivity contribution in [1.29, 1.82) is 0 Å². The van der Waals surface area contributed by atoms with E-state index < -0.39 is 0 Å². The zero-order chi connectivity index (χ0) is 42.1. The molecule has 1 aliphatic rings. The maximum absolute atomic E-state index is 6.44. The van der Waals surface area contributed by atoms with Gasteiger partial charge in [-0.3, -0.25) is 0 Å². The molecule has 13 rings (SSSR count). The third-order valence-corrected chi connectivity index (χ3v) is 12.9. The van der Waals surface area contributed by atoms with Gasteiger partial charge in [-0.2, -0.15) is 0 Å². The van der Waals surface area contributed by atoms with Crippen LogP contribution in [0.2, 0.25) is 0 Å². The Morgan fingerprint density at radius 2 is 1.02 bits per heavy atom. The zero-order valence-corrected chi connectivity index (χ0v) is 34.6. The second-order valence-corrected chi connectivity index (χ2v) is 16.6. The molecule has 3 aromatic heterocycles. The summed E-state index contributed by atoms with van der Waals surface area (Å²) in [6.07, 6.45) is 9.78. The van der Waals surface area contributed by atoms with E-state index in [1.54, 1.807) is 0 Å². The number of furan rings is 2. The Hall–Kier alpha value is -8.41. The molecule has 0 amide bonds. The summed E-state index contributed by atoms with van der Waals surface area (Å²) in [5, 5.41) is 8.73. The maximum atomic E-state index is 6.44. The van der Waals surface area contributed by atoms with Crippen molar-refractivity contribution in [1.82, 2.24) is 15.0 Å². The fourth-order valence-electron chi connectivity index (χ4n) is 9.79. The van der Waals surface area contributed by atoms with Crippen molar-refractivity contribution in [3.8, 4) is 56.4 Å². The van der Waals surface area contributed by atoms with E-state index in [4.69, 9.17) is 23.8 Å². The molecule has 5 nitrogen and oxygen atoms in total. The lowest BCUT2D eigenvalue weighted by Crippen LogP contribution is -2.02. The molecular weight excluding hydrogens is 783 g/mol. The van der Waals surface area contributed by atoms with Gasteiger partial charge in [-0.15, -0.1) is 0 Å². The van der Waals surface area contributed by atoms with Crippen molar-refractivity contribution in [2.24, 2.45) is 0 Å². The molecule has 0 aliphatic heterocycles. The van der Waals surface area contributed by atoms with Crippen molar-refractivity contribution in [3.05, 3.63) is 212 Å². The highest BCUT2D eigenvalue weighted by molar-refractivity contribution is 6.14. The molecule has 0 saturated carbocycles. The predicted octanol–water partition coefficient (Wildman–Crippen LogP) is 15.9. The summed E-state index contributed by atoms with van der Waals surface area (Å²) in [7, 11) is 0. The minimum Gasteiger partial charge on any atom is -0.456 e. The van der Waals surface area contributed by atoms with Crippen LogP contribution in [0.1, 0.15) is 17.9 Å². The first kappa shape index (κ1) is 36.3. The van der Waals surface area contributed by atoms with Crippen LogP contribution < -0.4 is 0 Å². The predicted molar refractivity (Wildman–Crippen MR) is 262 cm³/mol. The van der Waals surface area contributed by atoms with Gasteiger partial charge in [0.2, 0.25) is 0 Å². The normalized spacial score (nSPS) is 13.9. The Morgan fingerprint density at radius 1 is 0.375 bits per heavy atom. The SMILES string of the molecule is C1=CCC(c2ccc(-c3nc(-c4ccc5ccc(-c6cccc7oc8ccc(-c9ccccc9)cc8c67)cc5c4)nc(-c4cccc5oc6ccccc6c45)n3)c3ccccc23)C=C1. The lowest BCUT2D eigenvalue weighted by atomic mass is 9.87. The van der Waals surface area contributed by atoms with Crippen LogP contribution in [0.15, 0.2) is 215 Å². The van der Waals surface area contributed by atoms with E-state index in [-0.39, 0.29) is 0 Å². The molecule has 9 aromatic carbocycles. The number of fused-ring (bicyclic) bond motifs is 8. The van der Waals surface area contributed by atoms with Crippen LogP contribution in [0, 0.1) is 0 Å². The van der Waals surface area contributed by atoms with Crippen molar-refractivity contribution in [2.75, 3.05) is 0 Å². The molecule has 0 radical (unpaired) electrons. The number of hydrogen-bond donors (Lipinski definition) is 0. The van der Waals surface area contributed by atoms with Gasteiger partial charge in [-0.1, -0.05) is 164 Å². The van der Waals surface area contributed by atoms with E-state index in [0.29, 0.717) is 23.4 Å². The second-order valence-electron chi connectivity index (χ2n) is 16.6. The molecule has 3 heterocycles. The first-order valence-corrected chi connectivity index (χ1v) is 21.8. The highest BCUT2D eigenvalue weighted by Gasteiger charge is 2.21. The average Bonchev–Trinajstić information content (AvgIpc) is 3.94. The van der Waals surface area contributed by atoms with E-state index >= 15 is 0 Å². The van der Waals surface area contributed by atoms with Gasteiger partial charge in [0, 0.05) is 44.2 Å². The minimum absolute atomic E-state index is 0.300. The molecule has 1 unspecified atom stereocenters. The Balaban J connectivity index is 0.992. The number of hydrogen-bond acceptors (Lipinski definition) is 5. The summed E-state index contributed by atoms with van der Waals surface area (Å²) in [6.45, 7) is 0. The van der Waals surface area contributed by atoms with Crippen LogP contribution in [-0.2, 0) is 0 Å². The van der Waals surface area contributed by atoms with E-state index in [2.05, 4.69) is 176 Å². The van der Waals surface area contributed by atoms with Crippen LogP contribution in [0.4, 0.5) is 0 Å². The van der Waals surface area contributed by atoms with Gasteiger partial charge < -0.3 is 8.83 Å². The quantitative estimate of drug-likeness (QED) is 0.167. The highest BCUT2D eigenvalue weighted by atomic mass is 16.3. The molecular formula is C59H37N3O2. The molecule has 12 aromatic rings. The number of allylic oxidation sites excluding steroid dienone is 4. The Bertz CT molecular complexity index is 3890. The molecule has 0 bridgehead atoms. The summed E-state index contributed by atoms with van der Waals surface area (Å²) in [5.41, 5.74) is 12.0. The van der Waals surface area contributed by atoms with Crippen LogP contribution in [0.5, 0.6) is 0 Å². The van der Waals surface area contributed by atoms with Crippen molar-refractivity contribution in [2.45, 2.75) is 12.3 Å². The summed E-state index contributed by atoms with van der Waals surface area (Å²) < 4.78 is 12.8. The van der Waals surface area contributed by atoms with E-state index in [1.807, 2.05) is 30.3 Å². The summed E-state index contributed by atoms with van der Waals surface area (Å²) in [5.74, 6) is 2.11. The van der Waals surface area contributed by atoms with Gasteiger partial charge in [0.1, 0.15) is 22.3 Å². The lowest BCUT2D eigenvalue weighted by Gasteiger charge is -2.18. The monoisotopic (exact) mass is 819 g/mol. The molecule has 1 atom stereocenters. The molecule has 1 aliphatic carbocycles. The van der Waals surface area contributed by atoms with E-state index in [9.17, 15) is 0 Å². The smallest absolute Gasteiger partial charge is 0.164 e. The fourth-order valence-corrected chi connectivity index (χ4v) is 9.79. The van der Waals surface area contributed by atoms with E-state index in [0.717, 1.165) is 99.8 Å². The number of aromatic nitrogens is 3. The van der Waals surface area contributed by atoms with Crippen LogP contribution >= 0.6 is 0 Å². The van der Waals surface area contributed by atoms with Crippen molar-refractivity contribution >= 4 is 65.4 Å².